The lowest BCUT2D eigenvalue weighted by molar-refractivity contribution is -0.216. The number of ether oxygens (including phenoxy) is 2. The van der Waals surface area contributed by atoms with E-state index in [0.717, 1.165) is 25.7 Å². The minimum absolute atomic E-state index is 0.00579. The van der Waals surface area contributed by atoms with Gasteiger partial charge in [0.2, 0.25) is 0 Å². The molecule has 1 aliphatic rings. The molecule has 398 valence electrons. The van der Waals surface area contributed by atoms with Crippen LogP contribution in [0.4, 0.5) is 0 Å². The number of phosphoric ester groups is 2. The van der Waals surface area contributed by atoms with Crippen LogP contribution in [-0.4, -0.2) is 137 Å². The van der Waals surface area contributed by atoms with E-state index in [1.807, 2.05) is 37.3 Å². The Hall–Kier alpha value is -3.46. The monoisotopic (exact) mass is 1030 g/mol. The largest absolute Gasteiger partial charge is 0.472 e. The third-order valence-corrected chi connectivity index (χ3v) is 11.7. The van der Waals surface area contributed by atoms with E-state index in [0.29, 0.717) is 25.7 Å². The van der Waals surface area contributed by atoms with E-state index in [-0.39, 0.29) is 25.7 Å². The number of unbranched alkanes of at least 4 members (excludes halogenated alkanes) is 4. The summed E-state index contributed by atoms with van der Waals surface area (Å²) in [5, 5.41) is 71.9. The molecule has 0 saturated heterocycles. The fourth-order valence-electron chi connectivity index (χ4n) is 6.36. The van der Waals surface area contributed by atoms with Crippen molar-refractivity contribution in [2.45, 2.75) is 171 Å². The maximum absolute atomic E-state index is 13.0. The maximum atomic E-state index is 13.0. The van der Waals surface area contributed by atoms with Gasteiger partial charge >= 0.3 is 27.6 Å². The number of hydrogen-bond donors (Lipinski definition) is 10. The van der Waals surface area contributed by atoms with Gasteiger partial charge in [-0.05, 0) is 70.6 Å². The van der Waals surface area contributed by atoms with Gasteiger partial charge in [0, 0.05) is 12.8 Å². The third-order valence-electron chi connectivity index (χ3n) is 10.2. The van der Waals surface area contributed by atoms with Crippen molar-refractivity contribution in [3.05, 3.63) is 109 Å². The second-order valence-corrected chi connectivity index (χ2v) is 18.9. The lowest BCUT2D eigenvalue weighted by Gasteiger charge is -2.43. The zero-order valence-corrected chi connectivity index (χ0v) is 42.0. The Labute approximate surface area is 412 Å². The summed E-state index contributed by atoms with van der Waals surface area (Å²) in [5.74, 6) is -1.62. The molecule has 0 heterocycles. The molecular weight excluding hydrogens is 954 g/mol. The number of rotatable bonds is 37. The van der Waals surface area contributed by atoms with Gasteiger partial charge in [-0.15, -0.1) is 0 Å². The Kier molecular flexibility index (Phi) is 35.2. The molecule has 1 fully saturated rings. The van der Waals surface area contributed by atoms with Crippen LogP contribution in [-0.2, 0) is 41.8 Å². The number of carbonyl (C=O) groups is 2. The third kappa shape index (κ3) is 31.8. The highest BCUT2D eigenvalue weighted by atomic mass is 31.2. The van der Waals surface area contributed by atoms with E-state index in [1.165, 1.54) is 31.4 Å². The van der Waals surface area contributed by atoms with Crippen molar-refractivity contribution in [1.29, 1.82) is 0 Å². The zero-order valence-electron chi connectivity index (χ0n) is 40.2. The van der Waals surface area contributed by atoms with E-state index in [4.69, 9.17) is 18.5 Å². The molecule has 10 N–H and O–H groups in total. The lowest BCUT2D eigenvalue weighted by Crippen LogP contribution is -2.64. The first-order valence-corrected chi connectivity index (χ1v) is 26.8. The van der Waals surface area contributed by atoms with E-state index in [9.17, 15) is 69.1 Å². The second-order valence-electron chi connectivity index (χ2n) is 16.3. The van der Waals surface area contributed by atoms with Crippen LogP contribution >= 0.6 is 15.6 Å². The molecule has 0 amide bonds. The quantitative estimate of drug-likeness (QED) is 0.0115. The van der Waals surface area contributed by atoms with Crippen LogP contribution in [0.5, 0.6) is 0 Å². The molecule has 70 heavy (non-hydrogen) atoms. The van der Waals surface area contributed by atoms with Gasteiger partial charge in [-0.2, -0.15) is 0 Å². The number of aliphatic hydroxyl groups is 7. The molecule has 21 heteroatoms. The van der Waals surface area contributed by atoms with Crippen molar-refractivity contribution in [3.8, 4) is 0 Å². The Morgan fingerprint density at radius 3 is 1.71 bits per heavy atom. The zero-order chi connectivity index (χ0) is 52.2. The predicted molar refractivity (Wildman–Crippen MR) is 263 cm³/mol. The van der Waals surface area contributed by atoms with Crippen LogP contribution in [0.1, 0.15) is 110 Å². The number of aliphatic hydroxyl groups excluding tert-OH is 7. The lowest BCUT2D eigenvalue weighted by atomic mass is 9.85. The van der Waals surface area contributed by atoms with Crippen LogP contribution in [0.3, 0.4) is 0 Å². The average Bonchev–Trinajstić information content (AvgIpc) is 3.31. The summed E-state index contributed by atoms with van der Waals surface area (Å²) in [6.07, 6.45) is 24.0. The number of hydrogen-bond acceptors (Lipinski definition) is 16. The van der Waals surface area contributed by atoms with Crippen LogP contribution in [0, 0.1) is 0 Å². The smallest absolute Gasteiger partial charge is 0.462 e. The molecule has 11 atom stereocenters. The molecule has 0 aromatic rings. The standard InChI is InChI=1S/C49H78O19P2/c1-3-5-7-8-9-10-11-12-13-14-15-16-17-18-19-24-28-34-42(53)64-36-39(37-65-70(62,63)68-49-46(57)44(55)45(56)48(47(49)58)67-69(59,60)61)66-43(54)35-29-33-41(52)40(51)32-27-23-21-20-22-26-31-38(50)30-25-6-4-2/h6,9-10,12-13,15-16,18-23,25-27,31-32,38-41,44-52,55-58H,3-5,7-8,11,14,17,24,28-30,33-37H2,1-2H3,(H,62,63)(H2,59,60,61)/b10-9-,13-12-,16-15-,19-18-,22-20+,23-21-,25-6-,31-26+,32-27-/t38-,39+,40+,41+,44?,45?,46?,47?,48+,49-/m0/s1. The van der Waals surface area contributed by atoms with E-state index in [2.05, 4.69) is 41.8 Å². The molecule has 0 radical (unpaired) electrons. The first-order valence-electron chi connectivity index (χ1n) is 23.8. The van der Waals surface area contributed by atoms with Crippen LogP contribution in [0.15, 0.2) is 109 Å². The molecule has 1 aliphatic carbocycles. The summed E-state index contributed by atoms with van der Waals surface area (Å²) in [7, 11) is -10.8. The molecular formula is C49H78O19P2. The summed E-state index contributed by atoms with van der Waals surface area (Å²) in [4.78, 5) is 54.3. The molecule has 1 rings (SSSR count). The van der Waals surface area contributed by atoms with E-state index >= 15 is 0 Å². The van der Waals surface area contributed by atoms with Crippen molar-refractivity contribution >= 4 is 27.6 Å². The topological polar surface area (TPSA) is 317 Å². The number of allylic oxidation sites excluding steroid dienone is 15. The normalized spacial score (nSPS) is 23.3. The van der Waals surface area contributed by atoms with Gasteiger partial charge in [-0.25, -0.2) is 9.13 Å². The van der Waals surface area contributed by atoms with Gasteiger partial charge in [0.05, 0.1) is 24.9 Å². The van der Waals surface area contributed by atoms with Gasteiger partial charge < -0.3 is 59.9 Å². The van der Waals surface area contributed by atoms with Crippen molar-refractivity contribution in [2.75, 3.05) is 13.2 Å². The van der Waals surface area contributed by atoms with Gasteiger partial charge in [0.1, 0.15) is 43.2 Å². The highest BCUT2D eigenvalue weighted by Gasteiger charge is 2.54. The first kappa shape index (κ1) is 64.6. The summed E-state index contributed by atoms with van der Waals surface area (Å²) in [5.41, 5.74) is 0. The maximum Gasteiger partial charge on any atom is 0.472 e. The molecule has 0 bridgehead atoms. The highest BCUT2D eigenvalue weighted by molar-refractivity contribution is 7.47. The number of esters is 2. The minimum atomic E-state index is -5.43. The highest BCUT2D eigenvalue weighted by Crippen LogP contribution is 2.49. The number of carbonyl (C=O) groups excluding carboxylic acids is 2. The van der Waals surface area contributed by atoms with Crippen LogP contribution in [0.25, 0.3) is 0 Å². The van der Waals surface area contributed by atoms with Gasteiger partial charge in [-0.3, -0.25) is 23.2 Å². The Morgan fingerprint density at radius 1 is 0.586 bits per heavy atom. The fraction of sp³-hybridized carbons (Fsp3) is 0.592. The van der Waals surface area contributed by atoms with E-state index in [1.54, 1.807) is 36.5 Å². The predicted octanol–water partition coefficient (Wildman–Crippen LogP) is 5.86. The van der Waals surface area contributed by atoms with E-state index < -0.39 is 102 Å². The minimum Gasteiger partial charge on any atom is -0.462 e. The average molecular weight is 1030 g/mol. The van der Waals surface area contributed by atoms with Crippen molar-refractivity contribution in [2.24, 2.45) is 0 Å². The molecule has 5 unspecified atom stereocenters. The van der Waals surface area contributed by atoms with Crippen molar-refractivity contribution in [1.82, 2.24) is 0 Å². The Morgan fingerprint density at radius 2 is 1.13 bits per heavy atom. The van der Waals surface area contributed by atoms with Gasteiger partial charge in [0.25, 0.3) is 0 Å². The summed E-state index contributed by atoms with van der Waals surface area (Å²) >= 11 is 0. The summed E-state index contributed by atoms with van der Waals surface area (Å²) in [6.45, 7) is 2.54. The van der Waals surface area contributed by atoms with Crippen molar-refractivity contribution < 1.29 is 92.2 Å². The molecule has 19 nitrogen and oxygen atoms in total. The molecule has 0 aromatic heterocycles. The summed E-state index contributed by atoms with van der Waals surface area (Å²) < 4.78 is 49.0. The fourth-order valence-corrected chi connectivity index (χ4v) is 7.90. The molecule has 0 aliphatic heterocycles. The summed E-state index contributed by atoms with van der Waals surface area (Å²) in [6, 6.07) is 0. The van der Waals surface area contributed by atoms with Crippen LogP contribution in [0.2, 0.25) is 0 Å². The Balaban J connectivity index is 2.79. The number of phosphoric acid groups is 2. The van der Waals surface area contributed by atoms with Crippen LogP contribution < -0.4 is 0 Å². The molecule has 1 saturated carbocycles. The van der Waals surface area contributed by atoms with Crippen molar-refractivity contribution in [3.63, 3.8) is 0 Å². The molecule has 0 aromatic carbocycles. The van der Waals surface area contributed by atoms with Gasteiger partial charge in [0.15, 0.2) is 6.10 Å². The molecule has 0 spiro atoms. The van der Waals surface area contributed by atoms with Gasteiger partial charge in [-0.1, -0.05) is 136 Å². The second kappa shape index (κ2) is 38.2. The SMILES string of the molecule is CC/C=C\C[C@H](O)/C=C/C=C/C=C\C=C/[C@@H](O)[C@H](O)CCCC(=O)O[C@H](COC(=O)CCC/C=C\C/C=C\C/C=C\C/C=C\CCCCC)COP(=O)(O)O[C@H]1C(O)C(O)C(O)[C@@H](OP(=O)(O)O)C1O. The first-order chi connectivity index (χ1) is 33.3. The Bertz CT molecular complexity index is 1820.